The normalized spacial score (nSPS) is 16.7. The van der Waals surface area contributed by atoms with Crippen LogP contribution in [0.15, 0.2) is 6.20 Å². The topological polar surface area (TPSA) is 55.3 Å². The summed E-state index contributed by atoms with van der Waals surface area (Å²) in [5.41, 5.74) is 0. The highest BCUT2D eigenvalue weighted by atomic mass is 35.5. The summed E-state index contributed by atoms with van der Waals surface area (Å²) in [6, 6.07) is 0.308. The van der Waals surface area contributed by atoms with Gasteiger partial charge in [-0.05, 0) is 19.8 Å². The molecule has 1 aliphatic rings. The molecular formula is C12H16ClN3O2. The Labute approximate surface area is 111 Å². The zero-order valence-corrected chi connectivity index (χ0v) is 11.3. The van der Waals surface area contributed by atoms with Gasteiger partial charge in [-0.15, -0.1) is 0 Å². The lowest BCUT2D eigenvalue weighted by Gasteiger charge is -2.32. The van der Waals surface area contributed by atoms with Crippen LogP contribution in [0.5, 0.6) is 6.01 Å². The summed E-state index contributed by atoms with van der Waals surface area (Å²) in [7, 11) is 1.52. The van der Waals surface area contributed by atoms with E-state index in [2.05, 4.69) is 14.9 Å². The predicted molar refractivity (Wildman–Crippen MR) is 69.2 cm³/mol. The molecule has 0 bridgehead atoms. The van der Waals surface area contributed by atoms with Crippen LogP contribution in [0.4, 0.5) is 5.82 Å². The van der Waals surface area contributed by atoms with E-state index in [-0.39, 0.29) is 11.7 Å². The maximum Gasteiger partial charge on any atom is 0.318 e. The predicted octanol–water partition coefficient (Wildman–Crippen LogP) is 1.94. The van der Waals surface area contributed by atoms with E-state index in [9.17, 15) is 4.79 Å². The number of carbonyl (C=O) groups is 1. The number of nitrogens with zero attached hydrogens (tertiary/aromatic N) is 3. The molecule has 0 saturated carbocycles. The zero-order valence-electron chi connectivity index (χ0n) is 10.5. The van der Waals surface area contributed by atoms with E-state index in [1.54, 1.807) is 13.1 Å². The van der Waals surface area contributed by atoms with Crippen LogP contribution in [0.2, 0.25) is 5.02 Å². The van der Waals surface area contributed by atoms with E-state index in [1.807, 2.05) is 0 Å². The summed E-state index contributed by atoms with van der Waals surface area (Å²) in [6.07, 6.45) is 3.23. The molecule has 1 aromatic rings. The van der Waals surface area contributed by atoms with Gasteiger partial charge in [-0.25, -0.2) is 4.98 Å². The van der Waals surface area contributed by atoms with Gasteiger partial charge in [0.1, 0.15) is 10.8 Å². The molecule has 1 saturated heterocycles. The van der Waals surface area contributed by atoms with Crippen molar-refractivity contribution in [3.8, 4) is 6.01 Å². The number of hydrogen-bond donors (Lipinski definition) is 0. The average molecular weight is 270 g/mol. The van der Waals surface area contributed by atoms with Crippen molar-refractivity contribution in [2.75, 3.05) is 25.1 Å². The van der Waals surface area contributed by atoms with Crippen LogP contribution >= 0.6 is 11.6 Å². The first kappa shape index (κ1) is 13.1. The maximum atomic E-state index is 11.3. The summed E-state index contributed by atoms with van der Waals surface area (Å²) >= 11 is 6.10. The van der Waals surface area contributed by atoms with Crippen LogP contribution in [0.1, 0.15) is 19.8 Å². The third-order valence-electron chi connectivity index (χ3n) is 3.26. The lowest BCUT2D eigenvalue weighted by Crippen LogP contribution is -2.36. The van der Waals surface area contributed by atoms with Gasteiger partial charge in [0, 0.05) is 19.0 Å². The Morgan fingerprint density at radius 2 is 2.17 bits per heavy atom. The van der Waals surface area contributed by atoms with Crippen LogP contribution in [-0.4, -0.2) is 36.0 Å². The Hall–Kier alpha value is -1.36. The van der Waals surface area contributed by atoms with Gasteiger partial charge in [0.25, 0.3) is 0 Å². The highest BCUT2D eigenvalue weighted by Gasteiger charge is 2.24. The highest BCUT2D eigenvalue weighted by Crippen LogP contribution is 2.28. The van der Waals surface area contributed by atoms with Crippen molar-refractivity contribution < 1.29 is 9.53 Å². The van der Waals surface area contributed by atoms with E-state index in [0.29, 0.717) is 16.9 Å². The second kappa shape index (κ2) is 5.52. The fourth-order valence-electron chi connectivity index (χ4n) is 2.16. The van der Waals surface area contributed by atoms with Crippen LogP contribution < -0.4 is 9.64 Å². The number of anilines is 1. The van der Waals surface area contributed by atoms with Crippen molar-refractivity contribution in [1.29, 1.82) is 0 Å². The molecule has 0 aliphatic carbocycles. The van der Waals surface area contributed by atoms with E-state index in [0.717, 1.165) is 25.9 Å². The summed E-state index contributed by atoms with van der Waals surface area (Å²) in [4.78, 5) is 21.6. The Morgan fingerprint density at radius 3 is 2.72 bits per heavy atom. The minimum absolute atomic E-state index is 0.170. The number of aromatic nitrogens is 2. The first-order valence-electron chi connectivity index (χ1n) is 5.93. The quantitative estimate of drug-likeness (QED) is 0.839. The number of rotatable bonds is 3. The van der Waals surface area contributed by atoms with Crippen molar-refractivity contribution in [3.05, 3.63) is 11.2 Å². The van der Waals surface area contributed by atoms with Gasteiger partial charge in [0.05, 0.1) is 13.3 Å². The van der Waals surface area contributed by atoms with E-state index in [4.69, 9.17) is 16.3 Å². The second-order valence-electron chi connectivity index (χ2n) is 4.40. The molecule has 0 N–H and O–H groups in total. The third-order valence-corrected chi connectivity index (χ3v) is 3.52. The molecule has 1 aromatic heterocycles. The van der Waals surface area contributed by atoms with Gasteiger partial charge in [-0.2, -0.15) is 4.98 Å². The summed E-state index contributed by atoms with van der Waals surface area (Å²) in [5.74, 6) is 1.12. The van der Waals surface area contributed by atoms with Gasteiger partial charge in [-0.3, -0.25) is 4.79 Å². The Balaban J connectivity index is 2.11. The molecule has 1 aliphatic heterocycles. The molecule has 2 rings (SSSR count). The maximum absolute atomic E-state index is 11.3. The molecule has 0 radical (unpaired) electrons. The number of ketones is 1. The molecule has 0 atom stereocenters. The van der Waals surface area contributed by atoms with Gasteiger partial charge in [0.15, 0.2) is 5.82 Å². The highest BCUT2D eigenvalue weighted by molar-refractivity contribution is 6.32. The van der Waals surface area contributed by atoms with E-state index < -0.39 is 0 Å². The van der Waals surface area contributed by atoms with E-state index >= 15 is 0 Å². The van der Waals surface area contributed by atoms with Crippen LogP contribution in [0.3, 0.4) is 0 Å². The molecule has 0 spiro atoms. The van der Waals surface area contributed by atoms with Crippen LogP contribution in [-0.2, 0) is 4.79 Å². The Kier molecular flexibility index (Phi) is 4.01. The minimum atomic E-state index is 0.170. The number of halogens is 1. The molecule has 5 nitrogen and oxygen atoms in total. The largest absolute Gasteiger partial charge is 0.467 e. The van der Waals surface area contributed by atoms with Gasteiger partial charge < -0.3 is 9.64 Å². The monoisotopic (exact) mass is 269 g/mol. The fourth-order valence-corrected chi connectivity index (χ4v) is 2.37. The Morgan fingerprint density at radius 1 is 1.50 bits per heavy atom. The number of hydrogen-bond acceptors (Lipinski definition) is 5. The molecule has 0 aromatic carbocycles. The van der Waals surface area contributed by atoms with E-state index in [1.165, 1.54) is 7.11 Å². The van der Waals surface area contributed by atoms with Crippen molar-refractivity contribution in [1.82, 2.24) is 9.97 Å². The smallest absolute Gasteiger partial charge is 0.318 e. The molecular weight excluding hydrogens is 254 g/mol. The van der Waals surface area contributed by atoms with Gasteiger partial charge in [0.2, 0.25) is 0 Å². The lowest BCUT2D eigenvalue weighted by atomic mass is 9.93. The summed E-state index contributed by atoms with van der Waals surface area (Å²) in [5, 5.41) is 0.511. The zero-order chi connectivity index (χ0) is 13.1. The molecule has 0 amide bonds. The van der Waals surface area contributed by atoms with Crippen molar-refractivity contribution >= 4 is 23.2 Å². The SMILES string of the molecule is COc1ncc(Cl)c(N2CCC(C(C)=O)CC2)n1. The molecule has 6 heteroatoms. The summed E-state index contributed by atoms with van der Waals surface area (Å²) < 4.78 is 5.00. The van der Waals surface area contributed by atoms with Crippen LogP contribution in [0, 0.1) is 5.92 Å². The number of Topliss-reactive ketones (excluding diaryl/α,β-unsaturated/α-hetero) is 1. The second-order valence-corrected chi connectivity index (χ2v) is 4.81. The first-order chi connectivity index (χ1) is 8.61. The van der Waals surface area contributed by atoms with Crippen molar-refractivity contribution in [3.63, 3.8) is 0 Å². The number of piperidine rings is 1. The average Bonchev–Trinajstić information content (AvgIpc) is 2.39. The van der Waals surface area contributed by atoms with Gasteiger partial charge >= 0.3 is 6.01 Å². The van der Waals surface area contributed by atoms with Gasteiger partial charge in [-0.1, -0.05) is 11.6 Å². The minimum Gasteiger partial charge on any atom is -0.467 e. The molecule has 2 heterocycles. The molecule has 1 fully saturated rings. The third kappa shape index (κ3) is 2.72. The molecule has 98 valence electrons. The van der Waals surface area contributed by atoms with Crippen molar-refractivity contribution in [2.24, 2.45) is 5.92 Å². The van der Waals surface area contributed by atoms with Crippen molar-refractivity contribution in [2.45, 2.75) is 19.8 Å². The number of carbonyl (C=O) groups excluding carboxylic acids is 1. The summed E-state index contributed by atoms with van der Waals surface area (Å²) in [6.45, 7) is 3.22. The molecule has 18 heavy (non-hydrogen) atoms. The lowest BCUT2D eigenvalue weighted by molar-refractivity contribution is -0.121. The standard InChI is InChI=1S/C12H16ClN3O2/c1-8(17)9-3-5-16(6-4-9)11-10(13)7-14-12(15-11)18-2/h7,9H,3-6H2,1-2H3. The fraction of sp³-hybridized carbons (Fsp3) is 0.583. The number of methoxy groups -OCH3 is 1. The Bertz CT molecular complexity index is 445. The molecule has 0 unspecified atom stereocenters. The number of ether oxygens (including phenoxy) is 1. The first-order valence-corrected chi connectivity index (χ1v) is 6.31. The van der Waals surface area contributed by atoms with Crippen LogP contribution in [0.25, 0.3) is 0 Å².